The number of hydrogen-bond donors (Lipinski definition) is 1. The van der Waals surface area contributed by atoms with E-state index in [1.807, 2.05) is 13.8 Å². The molecule has 0 aromatic carbocycles. The number of anilines is 1. The molecule has 0 saturated heterocycles. The molecule has 0 aliphatic heterocycles. The van der Waals surface area contributed by atoms with Gasteiger partial charge in [0.15, 0.2) is 0 Å². The minimum Gasteiger partial charge on any atom is -0.379 e. The van der Waals surface area contributed by atoms with Crippen molar-refractivity contribution in [1.82, 2.24) is 9.97 Å². The van der Waals surface area contributed by atoms with E-state index >= 15 is 0 Å². The Morgan fingerprint density at radius 3 is 2.88 bits per heavy atom. The summed E-state index contributed by atoms with van der Waals surface area (Å²) in [5, 5.41) is 3.06. The smallest absolute Gasteiger partial charge is 0.220 e. The predicted octanol–water partition coefficient (Wildman–Crippen LogP) is 2.15. The summed E-state index contributed by atoms with van der Waals surface area (Å²) >= 11 is 0. The minimum atomic E-state index is -0.476. The van der Waals surface area contributed by atoms with Gasteiger partial charge in [-0.05, 0) is 27.2 Å². The van der Waals surface area contributed by atoms with Crippen LogP contribution in [0, 0.1) is 12.9 Å². The first kappa shape index (κ1) is 12.8. The van der Waals surface area contributed by atoms with Gasteiger partial charge < -0.3 is 10.1 Å². The van der Waals surface area contributed by atoms with Crippen LogP contribution in [0.15, 0.2) is 6.33 Å². The summed E-state index contributed by atoms with van der Waals surface area (Å²) in [6, 6.07) is 0. The van der Waals surface area contributed by atoms with E-state index in [-0.39, 0.29) is 6.10 Å². The van der Waals surface area contributed by atoms with Crippen LogP contribution in [-0.2, 0) is 4.74 Å². The van der Waals surface area contributed by atoms with Crippen molar-refractivity contribution in [3.05, 3.63) is 17.8 Å². The maximum Gasteiger partial charge on any atom is 0.220 e. The number of halogens is 1. The van der Waals surface area contributed by atoms with Gasteiger partial charge in [-0.15, -0.1) is 0 Å². The van der Waals surface area contributed by atoms with E-state index in [2.05, 4.69) is 15.3 Å². The fraction of sp³-hybridized carbons (Fsp3) is 0.636. The standard InChI is InChI=1S/C11H18FN3O/c1-8(2)16-6-4-5-13-11-9(3)10(12)14-7-15-11/h7-8H,4-6H2,1-3H3,(H,13,14,15). The maximum atomic E-state index is 13.0. The number of ether oxygens (including phenoxy) is 1. The Bertz CT molecular complexity index is 331. The summed E-state index contributed by atoms with van der Waals surface area (Å²) in [6.07, 6.45) is 2.33. The number of rotatable bonds is 6. The van der Waals surface area contributed by atoms with E-state index in [9.17, 15) is 4.39 Å². The number of nitrogens with zero attached hydrogens (tertiary/aromatic N) is 2. The van der Waals surface area contributed by atoms with Crippen LogP contribution in [0.25, 0.3) is 0 Å². The number of aromatic nitrogens is 2. The first-order chi connectivity index (χ1) is 7.61. The average molecular weight is 227 g/mol. The van der Waals surface area contributed by atoms with Gasteiger partial charge in [-0.25, -0.2) is 9.97 Å². The normalized spacial score (nSPS) is 10.8. The van der Waals surface area contributed by atoms with Crippen molar-refractivity contribution in [3.63, 3.8) is 0 Å². The molecular formula is C11H18FN3O. The molecule has 90 valence electrons. The fourth-order valence-corrected chi connectivity index (χ4v) is 1.20. The van der Waals surface area contributed by atoms with Crippen LogP contribution in [0.3, 0.4) is 0 Å². The molecule has 16 heavy (non-hydrogen) atoms. The molecule has 1 N–H and O–H groups in total. The molecule has 4 nitrogen and oxygen atoms in total. The molecule has 0 unspecified atom stereocenters. The van der Waals surface area contributed by atoms with Gasteiger partial charge >= 0.3 is 0 Å². The summed E-state index contributed by atoms with van der Waals surface area (Å²) in [4.78, 5) is 7.43. The third-order valence-electron chi connectivity index (χ3n) is 2.09. The van der Waals surface area contributed by atoms with E-state index in [0.717, 1.165) is 6.42 Å². The second-order valence-corrected chi connectivity index (χ2v) is 3.84. The summed E-state index contributed by atoms with van der Waals surface area (Å²) in [5.74, 6) is 0.0768. The SMILES string of the molecule is Cc1c(F)ncnc1NCCCOC(C)C. The largest absolute Gasteiger partial charge is 0.379 e. The predicted molar refractivity (Wildman–Crippen MR) is 60.9 cm³/mol. The Kier molecular flexibility index (Phi) is 5.11. The topological polar surface area (TPSA) is 47.0 Å². The highest BCUT2D eigenvalue weighted by molar-refractivity contribution is 5.41. The summed E-state index contributed by atoms with van der Waals surface area (Å²) in [6.45, 7) is 7.05. The molecule has 1 aromatic heterocycles. The van der Waals surface area contributed by atoms with Gasteiger partial charge in [0.25, 0.3) is 0 Å². The highest BCUT2D eigenvalue weighted by atomic mass is 19.1. The van der Waals surface area contributed by atoms with Crippen molar-refractivity contribution in [2.24, 2.45) is 0 Å². The van der Waals surface area contributed by atoms with Gasteiger partial charge in [-0.2, -0.15) is 4.39 Å². The van der Waals surface area contributed by atoms with Crippen molar-refractivity contribution in [2.45, 2.75) is 33.3 Å². The minimum absolute atomic E-state index is 0.248. The van der Waals surface area contributed by atoms with E-state index < -0.39 is 5.95 Å². The lowest BCUT2D eigenvalue weighted by Crippen LogP contribution is -2.11. The highest BCUT2D eigenvalue weighted by Gasteiger charge is 2.04. The summed E-state index contributed by atoms with van der Waals surface area (Å²) in [5.41, 5.74) is 0.451. The van der Waals surface area contributed by atoms with Crippen LogP contribution in [0.4, 0.5) is 10.2 Å². The fourth-order valence-electron chi connectivity index (χ4n) is 1.20. The number of hydrogen-bond acceptors (Lipinski definition) is 4. The lowest BCUT2D eigenvalue weighted by molar-refractivity contribution is 0.0787. The van der Waals surface area contributed by atoms with Gasteiger partial charge in [-0.1, -0.05) is 0 Å². The molecule has 0 spiro atoms. The molecule has 1 heterocycles. The van der Waals surface area contributed by atoms with Crippen molar-refractivity contribution in [3.8, 4) is 0 Å². The van der Waals surface area contributed by atoms with Gasteiger partial charge in [-0.3, -0.25) is 0 Å². The molecule has 0 aliphatic carbocycles. The zero-order valence-electron chi connectivity index (χ0n) is 9.96. The lowest BCUT2D eigenvalue weighted by atomic mass is 10.3. The Labute approximate surface area is 95.3 Å². The van der Waals surface area contributed by atoms with Crippen LogP contribution in [0.5, 0.6) is 0 Å². The molecular weight excluding hydrogens is 209 g/mol. The molecule has 0 atom stereocenters. The molecule has 0 bridgehead atoms. The molecule has 0 amide bonds. The Morgan fingerprint density at radius 1 is 1.44 bits per heavy atom. The first-order valence-electron chi connectivity index (χ1n) is 5.44. The van der Waals surface area contributed by atoms with E-state index in [0.29, 0.717) is 24.5 Å². The molecule has 0 radical (unpaired) electrons. The maximum absolute atomic E-state index is 13.0. The van der Waals surface area contributed by atoms with Crippen LogP contribution in [0.2, 0.25) is 0 Å². The highest BCUT2D eigenvalue weighted by Crippen LogP contribution is 2.11. The van der Waals surface area contributed by atoms with E-state index in [1.165, 1.54) is 6.33 Å². The van der Waals surface area contributed by atoms with E-state index in [4.69, 9.17) is 4.74 Å². The van der Waals surface area contributed by atoms with Crippen LogP contribution in [0.1, 0.15) is 25.8 Å². The summed E-state index contributed by atoms with van der Waals surface area (Å²) < 4.78 is 18.4. The lowest BCUT2D eigenvalue weighted by Gasteiger charge is -2.09. The summed E-state index contributed by atoms with van der Waals surface area (Å²) in [7, 11) is 0. The Balaban J connectivity index is 2.29. The van der Waals surface area contributed by atoms with Crippen molar-refractivity contribution < 1.29 is 9.13 Å². The van der Waals surface area contributed by atoms with Crippen molar-refractivity contribution in [2.75, 3.05) is 18.5 Å². The zero-order valence-corrected chi connectivity index (χ0v) is 9.96. The monoisotopic (exact) mass is 227 g/mol. The molecule has 0 fully saturated rings. The number of nitrogens with one attached hydrogen (secondary N) is 1. The van der Waals surface area contributed by atoms with Crippen molar-refractivity contribution >= 4 is 5.82 Å². The third kappa shape index (κ3) is 4.10. The van der Waals surface area contributed by atoms with Gasteiger partial charge in [0, 0.05) is 18.7 Å². The molecule has 1 aromatic rings. The van der Waals surface area contributed by atoms with Gasteiger partial charge in [0.1, 0.15) is 12.1 Å². The first-order valence-corrected chi connectivity index (χ1v) is 5.44. The third-order valence-corrected chi connectivity index (χ3v) is 2.09. The van der Waals surface area contributed by atoms with E-state index in [1.54, 1.807) is 6.92 Å². The quantitative estimate of drug-likeness (QED) is 0.597. The molecule has 5 heteroatoms. The van der Waals surface area contributed by atoms with Crippen LogP contribution >= 0.6 is 0 Å². The molecule has 0 aliphatic rings. The van der Waals surface area contributed by atoms with Gasteiger partial charge in [0.2, 0.25) is 5.95 Å². The Morgan fingerprint density at radius 2 is 2.19 bits per heavy atom. The average Bonchev–Trinajstić information content (AvgIpc) is 2.23. The molecule has 1 rings (SSSR count). The molecule has 0 saturated carbocycles. The second-order valence-electron chi connectivity index (χ2n) is 3.84. The van der Waals surface area contributed by atoms with Crippen LogP contribution in [-0.4, -0.2) is 29.2 Å². The Hall–Kier alpha value is -1.23. The van der Waals surface area contributed by atoms with Gasteiger partial charge in [0.05, 0.1) is 6.10 Å². The van der Waals surface area contributed by atoms with Crippen LogP contribution < -0.4 is 5.32 Å². The zero-order chi connectivity index (χ0) is 12.0. The second kappa shape index (κ2) is 6.37. The van der Waals surface area contributed by atoms with Crippen molar-refractivity contribution in [1.29, 1.82) is 0 Å².